The van der Waals surface area contributed by atoms with Gasteiger partial charge in [-0.2, -0.15) is 0 Å². The van der Waals surface area contributed by atoms with E-state index in [1.54, 1.807) is 9.80 Å². The molecule has 0 bridgehead atoms. The van der Waals surface area contributed by atoms with Gasteiger partial charge < -0.3 is 24.6 Å². The number of likely N-dealkylation sites (N-methyl/N-ethyl adjacent to an activating group) is 1. The van der Waals surface area contributed by atoms with Crippen LogP contribution in [0.3, 0.4) is 0 Å². The maximum atomic E-state index is 15.4. The van der Waals surface area contributed by atoms with E-state index in [9.17, 15) is 14.4 Å². The highest BCUT2D eigenvalue weighted by Gasteiger charge is 2.43. The number of nitrogens with one attached hydrogen (secondary N) is 1. The molecule has 1 saturated carbocycles. The summed E-state index contributed by atoms with van der Waals surface area (Å²) in [5.41, 5.74) is -0.551. The van der Waals surface area contributed by atoms with Crippen molar-refractivity contribution in [3.63, 3.8) is 0 Å². The van der Waals surface area contributed by atoms with E-state index in [1.807, 2.05) is 27.8 Å². The Morgan fingerprint density at radius 2 is 1.94 bits per heavy atom. The predicted octanol–water partition coefficient (Wildman–Crippen LogP) is 2.92. The van der Waals surface area contributed by atoms with Crippen LogP contribution in [0.25, 0.3) is 0 Å². The van der Waals surface area contributed by atoms with Crippen LogP contribution >= 0.6 is 0 Å². The van der Waals surface area contributed by atoms with Gasteiger partial charge in [-0.05, 0) is 53.5 Å². The van der Waals surface area contributed by atoms with Gasteiger partial charge in [-0.25, -0.2) is 14.0 Å². The van der Waals surface area contributed by atoms with Crippen LogP contribution in [0, 0.1) is 0 Å². The zero-order chi connectivity index (χ0) is 25.0. The summed E-state index contributed by atoms with van der Waals surface area (Å²) in [5.74, 6) is -0.175. The number of hydrogen-bond acceptors (Lipinski definition) is 6. The molecule has 3 aliphatic rings. The number of amides is 3. The minimum atomic E-state index is -1.08. The molecule has 2 saturated heterocycles. The van der Waals surface area contributed by atoms with Gasteiger partial charge in [-0.1, -0.05) is 6.42 Å². The number of nitrogens with zero attached hydrogens (tertiary/aromatic N) is 3. The Hall–Kier alpha value is -2.10. The fourth-order valence-electron chi connectivity index (χ4n) is 5.24. The topological polar surface area (TPSA) is 91.4 Å². The van der Waals surface area contributed by atoms with Crippen molar-refractivity contribution in [2.24, 2.45) is 0 Å². The number of ether oxygens (including phenoxy) is 2. The molecule has 194 valence electrons. The van der Waals surface area contributed by atoms with E-state index in [1.165, 1.54) is 6.92 Å². The Bertz CT molecular complexity index is 745. The molecular formula is C24H41FN4O5. The third-order valence-corrected chi connectivity index (χ3v) is 7.03. The average molecular weight is 485 g/mol. The van der Waals surface area contributed by atoms with Crippen LogP contribution in [0.4, 0.5) is 14.0 Å². The zero-order valence-electron chi connectivity index (χ0n) is 21.2. The second kappa shape index (κ2) is 11.1. The van der Waals surface area contributed by atoms with Crippen LogP contribution in [0.15, 0.2) is 0 Å². The monoisotopic (exact) mass is 484 g/mol. The number of halogens is 1. The van der Waals surface area contributed by atoms with E-state index in [2.05, 4.69) is 10.2 Å². The van der Waals surface area contributed by atoms with Crippen LogP contribution in [-0.4, -0.2) is 102 Å². The van der Waals surface area contributed by atoms with Gasteiger partial charge in [0.25, 0.3) is 0 Å². The van der Waals surface area contributed by atoms with Crippen molar-refractivity contribution >= 4 is 18.1 Å². The zero-order valence-corrected chi connectivity index (χ0v) is 21.2. The van der Waals surface area contributed by atoms with Gasteiger partial charge in [0.05, 0.1) is 13.1 Å². The van der Waals surface area contributed by atoms with Crippen molar-refractivity contribution in [2.45, 2.75) is 102 Å². The normalized spacial score (nSPS) is 30.7. The molecule has 0 aromatic rings. The molecule has 34 heavy (non-hydrogen) atoms. The Balaban J connectivity index is 1.55. The molecule has 0 radical (unpaired) electrons. The molecule has 3 rings (SSSR count). The lowest BCUT2D eigenvalue weighted by molar-refractivity contribution is -0.119. The quantitative estimate of drug-likeness (QED) is 0.645. The number of likely N-dealkylation sites (tertiary alicyclic amines) is 1. The first-order valence-electron chi connectivity index (χ1n) is 12.5. The summed E-state index contributed by atoms with van der Waals surface area (Å²) in [5, 5.41) is 2.67. The van der Waals surface area contributed by atoms with Crippen molar-refractivity contribution in [3.8, 4) is 0 Å². The summed E-state index contributed by atoms with van der Waals surface area (Å²) in [6, 6.07) is -0.399. The SMILES string of the molecule is CC(=O)NC[C@H]1CN(C2CCC(N(C)C3CCCCN(C(=O)OC(C)(C)C)C3)C(F)C2)C(=O)O1. The number of carbonyl (C=O) groups excluding carboxylic acids is 3. The number of cyclic esters (lactones) is 1. The summed E-state index contributed by atoms with van der Waals surface area (Å²) >= 11 is 0. The molecule has 1 N–H and O–H groups in total. The fourth-order valence-corrected chi connectivity index (χ4v) is 5.24. The van der Waals surface area contributed by atoms with Gasteiger partial charge in [0, 0.05) is 44.6 Å². The first kappa shape index (κ1) is 26.5. The lowest BCUT2D eigenvalue weighted by atomic mass is 9.87. The molecule has 3 amide bonds. The number of hydrogen-bond donors (Lipinski definition) is 1. The molecule has 0 aromatic heterocycles. The Labute approximate surface area is 202 Å². The summed E-state index contributed by atoms with van der Waals surface area (Å²) in [6.07, 6.45) is 2.16. The van der Waals surface area contributed by atoms with E-state index in [0.29, 0.717) is 32.5 Å². The van der Waals surface area contributed by atoms with Crippen molar-refractivity contribution in [1.82, 2.24) is 20.0 Å². The molecule has 1 aliphatic carbocycles. The first-order chi connectivity index (χ1) is 15.9. The standard InChI is InChI=1S/C24H41FN4O5/c1-16(30)26-13-19-15-29(23(32)33-19)17-9-10-21(20(25)12-17)27(5)18-8-6-7-11-28(14-18)22(31)34-24(2,3)4/h17-21H,6-15H2,1-5H3,(H,26,30)/t17?,18?,19-,20?,21?/m0/s1. The summed E-state index contributed by atoms with van der Waals surface area (Å²) in [4.78, 5) is 41.6. The smallest absolute Gasteiger partial charge is 0.410 e. The van der Waals surface area contributed by atoms with Crippen molar-refractivity contribution in [3.05, 3.63) is 0 Å². The van der Waals surface area contributed by atoms with Gasteiger partial charge in [0.1, 0.15) is 17.9 Å². The molecule has 2 aliphatic heterocycles. The Morgan fingerprint density at radius 3 is 2.59 bits per heavy atom. The number of rotatable bonds is 5. The van der Waals surface area contributed by atoms with Crippen LogP contribution in [0.1, 0.15) is 66.2 Å². The van der Waals surface area contributed by atoms with E-state index in [0.717, 1.165) is 19.3 Å². The molecule has 0 spiro atoms. The van der Waals surface area contributed by atoms with Crippen molar-refractivity contribution in [2.75, 3.05) is 33.2 Å². The maximum Gasteiger partial charge on any atom is 0.410 e. The molecule has 0 aromatic carbocycles. The van der Waals surface area contributed by atoms with E-state index in [4.69, 9.17) is 9.47 Å². The molecule has 5 atom stereocenters. The summed E-state index contributed by atoms with van der Waals surface area (Å²) < 4.78 is 26.4. The van der Waals surface area contributed by atoms with E-state index in [-0.39, 0.29) is 43.1 Å². The van der Waals surface area contributed by atoms with Crippen molar-refractivity contribution in [1.29, 1.82) is 0 Å². The highest BCUT2D eigenvalue weighted by molar-refractivity contribution is 5.73. The average Bonchev–Trinajstić information content (AvgIpc) is 2.94. The lowest BCUT2D eigenvalue weighted by Gasteiger charge is -2.43. The second-order valence-electron chi connectivity index (χ2n) is 10.9. The van der Waals surface area contributed by atoms with Crippen LogP contribution in [0.2, 0.25) is 0 Å². The molecule has 2 heterocycles. The number of alkyl halides is 1. The van der Waals surface area contributed by atoms with Gasteiger partial charge in [0.15, 0.2) is 0 Å². The maximum absolute atomic E-state index is 15.4. The highest BCUT2D eigenvalue weighted by Crippen LogP contribution is 2.33. The van der Waals surface area contributed by atoms with E-state index < -0.39 is 24.0 Å². The van der Waals surface area contributed by atoms with Crippen LogP contribution in [0.5, 0.6) is 0 Å². The van der Waals surface area contributed by atoms with Gasteiger partial charge in [-0.3, -0.25) is 9.69 Å². The molecular weight excluding hydrogens is 443 g/mol. The fraction of sp³-hybridized carbons (Fsp3) is 0.875. The molecule has 9 nitrogen and oxygen atoms in total. The predicted molar refractivity (Wildman–Crippen MR) is 125 cm³/mol. The minimum Gasteiger partial charge on any atom is -0.444 e. The third kappa shape index (κ3) is 6.96. The largest absolute Gasteiger partial charge is 0.444 e. The third-order valence-electron chi connectivity index (χ3n) is 7.03. The lowest BCUT2D eigenvalue weighted by Crippen LogP contribution is -2.54. The summed E-state index contributed by atoms with van der Waals surface area (Å²) in [7, 11) is 1.95. The highest BCUT2D eigenvalue weighted by atomic mass is 19.1. The Kier molecular flexibility index (Phi) is 8.65. The van der Waals surface area contributed by atoms with Gasteiger partial charge in [-0.15, -0.1) is 0 Å². The number of carbonyl (C=O) groups is 3. The molecule has 4 unspecified atom stereocenters. The van der Waals surface area contributed by atoms with Crippen molar-refractivity contribution < 1.29 is 28.2 Å². The Morgan fingerprint density at radius 1 is 1.21 bits per heavy atom. The second-order valence-corrected chi connectivity index (χ2v) is 10.9. The van der Waals surface area contributed by atoms with Crippen LogP contribution in [-0.2, 0) is 14.3 Å². The first-order valence-corrected chi connectivity index (χ1v) is 12.5. The van der Waals surface area contributed by atoms with Gasteiger partial charge in [0.2, 0.25) is 5.91 Å². The van der Waals surface area contributed by atoms with E-state index >= 15 is 4.39 Å². The van der Waals surface area contributed by atoms with Gasteiger partial charge >= 0.3 is 12.2 Å². The minimum absolute atomic E-state index is 0.0635. The summed E-state index contributed by atoms with van der Waals surface area (Å²) in [6.45, 7) is 8.81. The molecule has 3 fully saturated rings. The van der Waals surface area contributed by atoms with Crippen LogP contribution < -0.4 is 5.32 Å². The molecule has 10 heteroatoms.